The molecule has 4 heteroatoms. The van der Waals surface area contributed by atoms with E-state index in [9.17, 15) is 4.79 Å². The number of aryl methyl sites for hydroxylation is 1. The van der Waals surface area contributed by atoms with Crippen molar-refractivity contribution in [2.45, 2.75) is 19.8 Å². The lowest BCUT2D eigenvalue weighted by Gasteiger charge is -2.08. The summed E-state index contributed by atoms with van der Waals surface area (Å²) in [5.41, 5.74) is 1.96. The van der Waals surface area contributed by atoms with Gasteiger partial charge in [-0.25, -0.2) is 0 Å². The van der Waals surface area contributed by atoms with Crippen molar-refractivity contribution in [2.24, 2.45) is 0 Å². The molecule has 0 radical (unpaired) electrons. The highest BCUT2D eigenvalue weighted by Gasteiger charge is 2.05. The van der Waals surface area contributed by atoms with Crippen molar-refractivity contribution in [2.75, 3.05) is 11.9 Å². The van der Waals surface area contributed by atoms with Gasteiger partial charge in [-0.2, -0.15) is 0 Å². The number of rotatable bonds is 6. The molecule has 0 bridgehead atoms. The average Bonchev–Trinajstić information content (AvgIpc) is 2.46. The van der Waals surface area contributed by atoms with Crippen LogP contribution in [0.25, 0.3) is 0 Å². The van der Waals surface area contributed by atoms with Gasteiger partial charge in [-0.1, -0.05) is 24.3 Å². The molecule has 0 aliphatic heterocycles. The molecule has 0 atom stereocenters. The van der Waals surface area contributed by atoms with E-state index in [0.717, 1.165) is 15.9 Å². The number of hydrogen-bond acceptors (Lipinski definition) is 2. The second-order valence-electron chi connectivity index (χ2n) is 4.80. The van der Waals surface area contributed by atoms with Crippen LogP contribution in [0, 0.1) is 6.92 Å². The van der Waals surface area contributed by atoms with Gasteiger partial charge in [-0.15, -0.1) is 0 Å². The number of benzene rings is 2. The first kappa shape index (κ1) is 15.6. The van der Waals surface area contributed by atoms with Crippen LogP contribution in [0.5, 0.6) is 5.75 Å². The zero-order valence-corrected chi connectivity index (χ0v) is 13.5. The maximum Gasteiger partial charge on any atom is 0.224 e. The quantitative estimate of drug-likeness (QED) is 0.778. The topological polar surface area (TPSA) is 38.3 Å². The first-order valence-corrected chi connectivity index (χ1v) is 7.68. The van der Waals surface area contributed by atoms with Gasteiger partial charge < -0.3 is 10.1 Å². The highest BCUT2D eigenvalue weighted by Crippen LogP contribution is 2.21. The lowest BCUT2D eigenvalue weighted by atomic mass is 10.2. The summed E-state index contributed by atoms with van der Waals surface area (Å²) in [5, 5.41) is 2.88. The van der Waals surface area contributed by atoms with E-state index in [1.165, 1.54) is 5.56 Å². The third kappa shape index (κ3) is 5.23. The minimum atomic E-state index is -0.00487. The molecule has 2 aromatic rings. The predicted molar refractivity (Wildman–Crippen MR) is 88.7 cm³/mol. The summed E-state index contributed by atoms with van der Waals surface area (Å²) < 4.78 is 6.51. The monoisotopic (exact) mass is 347 g/mol. The summed E-state index contributed by atoms with van der Waals surface area (Å²) in [7, 11) is 0. The minimum absolute atomic E-state index is 0.00487. The number of anilines is 1. The van der Waals surface area contributed by atoms with E-state index in [1.807, 2.05) is 55.5 Å². The Kier molecular flexibility index (Phi) is 5.81. The van der Waals surface area contributed by atoms with Gasteiger partial charge in [-0.3, -0.25) is 4.79 Å². The Morgan fingerprint density at radius 3 is 2.76 bits per heavy atom. The van der Waals surface area contributed by atoms with Crippen LogP contribution in [-0.4, -0.2) is 12.5 Å². The summed E-state index contributed by atoms with van der Waals surface area (Å²) in [4.78, 5) is 11.8. The van der Waals surface area contributed by atoms with E-state index in [2.05, 4.69) is 21.2 Å². The Morgan fingerprint density at radius 1 is 1.19 bits per heavy atom. The summed E-state index contributed by atoms with van der Waals surface area (Å²) in [5.74, 6) is 0.843. The standard InChI is InChI=1S/C17H18BrNO2/c1-13-6-4-7-14(12-13)21-11-5-10-17(20)19-16-9-3-2-8-15(16)18/h2-4,6-9,12H,5,10-11H2,1H3,(H,19,20). The normalized spacial score (nSPS) is 10.2. The van der Waals surface area contributed by atoms with E-state index < -0.39 is 0 Å². The van der Waals surface area contributed by atoms with Gasteiger partial charge in [0.05, 0.1) is 12.3 Å². The van der Waals surface area contributed by atoms with Crippen LogP contribution in [0.1, 0.15) is 18.4 Å². The fraction of sp³-hybridized carbons (Fsp3) is 0.235. The van der Waals surface area contributed by atoms with Crippen molar-refractivity contribution < 1.29 is 9.53 Å². The second-order valence-corrected chi connectivity index (χ2v) is 5.65. The van der Waals surface area contributed by atoms with Crippen LogP contribution in [-0.2, 0) is 4.79 Å². The van der Waals surface area contributed by atoms with Gasteiger partial charge in [0.2, 0.25) is 5.91 Å². The molecule has 1 N–H and O–H groups in total. The zero-order chi connectivity index (χ0) is 15.1. The van der Waals surface area contributed by atoms with Crippen LogP contribution in [0.15, 0.2) is 53.0 Å². The van der Waals surface area contributed by atoms with Gasteiger partial charge in [0, 0.05) is 10.9 Å². The van der Waals surface area contributed by atoms with Gasteiger partial charge in [0.15, 0.2) is 0 Å². The van der Waals surface area contributed by atoms with Gasteiger partial charge >= 0.3 is 0 Å². The molecule has 1 amide bonds. The molecule has 0 aromatic heterocycles. The van der Waals surface area contributed by atoms with E-state index in [0.29, 0.717) is 19.4 Å². The van der Waals surface area contributed by atoms with E-state index in [4.69, 9.17) is 4.74 Å². The van der Waals surface area contributed by atoms with Crippen molar-refractivity contribution in [1.82, 2.24) is 0 Å². The van der Waals surface area contributed by atoms with Gasteiger partial charge in [0.25, 0.3) is 0 Å². The van der Waals surface area contributed by atoms with Gasteiger partial charge in [-0.05, 0) is 59.1 Å². The van der Waals surface area contributed by atoms with Gasteiger partial charge in [0.1, 0.15) is 5.75 Å². The van der Waals surface area contributed by atoms with Crippen molar-refractivity contribution in [3.63, 3.8) is 0 Å². The number of halogens is 1. The molecule has 3 nitrogen and oxygen atoms in total. The molecule has 0 heterocycles. The molecule has 21 heavy (non-hydrogen) atoms. The molecule has 0 fully saturated rings. The van der Waals surface area contributed by atoms with Crippen LogP contribution >= 0.6 is 15.9 Å². The zero-order valence-electron chi connectivity index (χ0n) is 11.9. The molecule has 2 rings (SSSR count). The summed E-state index contributed by atoms with van der Waals surface area (Å²) in [6, 6.07) is 15.5. The molecule has 110 valence electrons. The van der Waals surface area contributed by atoms with E-state index in [-0.39, 0.29) is 5.91 Å². The maximum atomic E-state index is 11.8. The number of nitrogens with one attached hydrogen (secondary N) is 1. The van der Waals surface area contributed by atoms with Crippen LogP contribution in [0.4, 0.5) is 5.69 Å². The Hall–Kier alpha value is -1.81. The van der Waals surface area contributed by atoms with Crippen LogP contribution < -0.4 is 10.1 Å². The number of carbonyl (C=O) groups is 1. The molecule has 0 aliphatic rings. The fourth-order valence-electron chi connectivity index (χ4n) is 1.90. The highest BCUT2D eigenvalue weighted by atomic mass is 79.9. The Labute approximate surface area is 133 Å². The van der Waals surface area contributed by atoms with Crippen molar-refractivity contribution >= 4 is 27.5 Å². The van der Waals surface area contributed by atoms with E-state index >= 15 is 0 Å². The average molecular weight is 348 g/mol. The maximum absolute atomic E-state index is 11.8. The molecule has 0 aliphatic carbocycles. The smallest absolute Gasteiger partial charge is 0.224 e. The van der Waals surface area contributed by atoms with Crippen LogP contribution in [0.2, 0.25) is 0 Å². The fourth-order valence-corrected chi connectivity index (χ4v) is 2.29. The number of amides is 1. The minimum Gasteiger partial charge on any atom is -0.494 e. The highest BCUT2D eigenvalue weighted by molar-refractivity contribution is 9.10. The number of para-hydroxylation sites is 1. The van der Waals surface area contributed by atoms with Crippen molar-refractivity contribution in [1.29, 1.82) is 0 Å². The number of ether oxygens (including phenoxy) is 1. The molecule has 0 saturated heterocycles. The number of hydrogen-bond donors (Lipinski definition) is 1. The summed E-state index contributed by atoms with van der Waals surface area (Å²) >= 11 is 3.40. The third-order valence-electron chi connectivity index (χ3n) is 2.95. The molecule has 2 aromatic carbocycles. The van der Waals surface area contributed by atoms with Crippen molar-refractivity contribution in [3.05, 3.63) is 58.6 Å². The predicted octanol–water partition coefficient (Wildman–Crippen LogP) is 4.56. The third-order valence-corrected chi connectivity index (χ3v) is 3.65. The number of carbonyl (C=O) groups excluding carboxylic acids is 1. The van der Waals surface area contributed by atoms with Crippen molar-refractivity contribution in [3.8, 4) is 5.75 Å². The van der Waals surface area contributed by atoms with Crippen LogP contribution in [0.3, 0.4) is 0 Å². The second kappa shape index (κ2) is 7.84. The molecule has 0 unspecified atom stereocenters. The lowest BCUT2D eigenvalue weighted by molar-refractivity contribution is -0.116. The SMILES string of the molecule is Cc1cccc(OCCCC(=O)Nc2ccccc2Br)c1. The first-order valence-electron chi connectivity index (χ1n) is 6.89. The first-order chi connectivity index (χ1) is 10.1. The molecular formula is C17H18BrNO2. The Bertz CT molecular complexity index is 613. The molecule has 0 saturated carbocycles. The Balaban J connectivity index is 1.71. The van der Waals surface area contributed by atoms with E-state index in [1.54, 1.807) is 0 Å². The summed E-state index contributed by atoms with van der Waals surface area (Å²) in [6.07, 6.45) is 1.12. The summed E-state index contributed by atoms with van der Waals surface area (Å²) in [6.45, 7) is 2.56. The Morgan fingerprint density at radius 2 is 2.00 bits per heavy atom. The molecular weight excluding hydrogens is 330 g/mol. The lowest BCUT2D eigenvalue weighted by Crippen LogP contribution is -2.13. The largest absolute Gasteiger partial charge is 0.494 e. The molecule has 0 spiro atoms.